The molecule has 0 amide bonds. The average Bonchev–Trinajstić information content (AvgIpc) is 3.05. The molecule has 0 aromatic rings. The number of rotatable bonds is 6. The lowest BCUT2D eigenvalue weighted by Crippen LogP contribution is -2.65. The lowest BCUT2D eigenvalue weighted by atomic mass is 9.44. The summed E-state index contributed by atoms with van der Waals surface area (Å²) in [5.74, 6) is -2.11. The molecule has 0 aliphatic heterocycles. The molecule has 8 heteroatoms. The van der Waals surface area contributed by atoms with Crippen molar-refractivity contribution in [2.24, 2.45) is 28.6 Å². The van der Waals surface area contributed by atoms with Crippen LogP contribution in [0.25, 0.3) is 0 Å². The van der Waals surface area contributed by atoms with Gasteiger partial charge in [0.05, 0.1) is 29.0 Å². The van der Waals surface area contributed by atoms with Gasteiger partial charge in [-0.15, -0.1) is 0 Å². The predicted molar refractivity (Wildman–Crippen MR) is 136 cm³/mol. The number of carbonyl (C=O) groups excluding carboxylic acids is 2. The van der Waals surface area contributed by atoms with Crippen molar-refractivity contribution < 1.29 is 40.2 Å². The number of Topliss-reactive ketones (excluding diaryl/α,β-unsaturated/α-hetero) is 1. The van der Waals surface area contributed by atoms with Crippen molar-refractivity contribution in [1.82, 2.24) is 0 Å². The van der Waals surface area contributed by atoms with Gasteiger partial charge in [0, 0.05) is 11.3 Å². The minimum absolute atomic E-state index is 0.0745. The van der Waals surface area contributed by atoms with Crippen molar-refractivity contribution in [2.75, 3.05) is 0 Å². The Morgan fingerprint density at radius 3 is 2.27 bits per heavy atom. The zero-order valence-electron chi connectivity index (χ0n) is 23.1. The van der Waals surface area contributed by atoms with E-state index < -0.39 is 63.1 Å². The lowest BCUT2D eigenvalue weighted by molar-refractivity contribution is -0.191. The van der Waals surface area contributed by atoms with Crippen LogP contribution < -0.4 is 0 Å². The Hall–Kier alpha value is -1.16. The van der Waals surface area contributed by atoms with Crippen LogP contribution in [-0.4, -0.2) is 76.8 Å². The van der Waals surface area contributed by atoms with E-state index in [0.29, 0.717) is 37.7 Å². The van der Waals surface area contributed by atoms with Crippen LogP contribution in [0, 0.1) is 28.6 Å². The van der Waals surface area contributed by atoms with Crippen molar-refractivity contribution in [3.8, 4) is 0 Å². The van der Waals surface area contributed by atoms with Gasteiger partial charge in [-0.25, -0.2) is 0 Å². The molecule has 6 N–H and O–H groups in total. The first-order valence-corrected chi connectivity index (χ1v) is 13.8. The Kier molecular flexibility index (Phi) is 6.76. The van der Waals surface area contributed by atoms with Gasteiger partial charge in [0.2, 0.25) is 0 Å². The van der Waals surface area contributed by atoms with Crippen LogP contribution in [0.1, 0.15) is 92.9 Å². The number of hydrogen-bond donors (Lipinski definition) is 6. The fraction of sp³-hybridized carbons (Fsp3) is 0.862. The number of ketones is 2. The summed E-state index contributed by atoms with van der Waals surface area (Å²) in [6, 6.07) is 0. The Labute approximate surface area is 219 Å². The van der Waals surface area contributed by atoms with E-state index >= 15 is 0 Å². The maximum absolute atomic E-state index is 13.5. The molecule has 0 aromatic heterocycles. The highest BCUT2D eigenvalue weighted by Gasteiger charge is 2.70. The number of hydrogen-bond acceptors (Lipinski definition) is 8. The molecule has 0 aromatic carbocycles. The second kappa shape index (κ2) is 8.67. The van der Waals surface area contributed by atoms with Gasteiger partial charge in [-0.2, -0.15) is 0 Å². The van der Waals surface area contributed by atoms with Crippen molar-refractivity contribution in [3.05, 3.63) is 11.6 Å². The standard InChI is InChI=1S/C29H46O8/c1-16(30)28(36)14-19-20(31)13-18-17(25(19,4)15-23(28)33)7-11-26(5)21(8-12-29(18,26)37)27(6,35)22(32)9-10-24(2,3)34/h13,17,19,21-23,32-37H,7-12,14-15H2,1-6H3/t17?,19-,21+,22+,23-,25+,26+,27?,28-,29+/m0/s1. The van der Waals surface area contributed by atoms with Crippen molar-refractivity contribution >= 4 is 11.6 Å². The molecule has 4 rings (SSSR count). The molecule has 0 spiro atoms. The van der Waals surface area contributed by atoms with Crippen molar-refractivity contribution in [1.29, 1.82) is 0 Å². The summed E-state index contributed by atoms with van der Waals surface area (Å²) < 4.78 is 0. The van der Waals surface area contributed by atoms with Gasteiger partial charge in [-0.1, -0.05) is 13.8 Å². The van der Waals surface area contributed by atoms with Crippen molar-refractivity contribution in [2.45, 2.75) is 128 Å². The highest BCUT2D eigenvalue weighted by molar-refractivity contribution is 5.96. The largest absolute Gasteiger partial charge is 0.390 e. The number of aliphatic hydroxyl groups excluding tert-OH is 2. The third-order valence-electron chi connectivity index (χ3n) is 11.3. The summed E-state index contributed by atoms with van der Waals surface area (Å²) in [7, 11) is 0. The van der Waals surface area contributed by atoms with Gasteiger partial charge in [-0.3, -0.25) is 9.59 Å². The zero-order valence-corrected chi connectivity index (χ0v) is 23.1. The van der Waals surface area contributed by atoms with Gasteiger partial charge in [0.25, 0.3) is 0 Å². The molecule has 10 atom stereocenters. The zero-order chi connectivity index (χ0) is 28.0. The molecular weight excluding hydrogens is 476 g/mol. The molecule has 8 nitrogen and oxygen atoms in total. The minimum Gasteiger partial charge on any atom is -0.390 e. The van der Waals surface area contributed by atoms with Crippen LogP contribution in [0.3, 0.4) is 0 Å². The van der Waals surface area contributed by atoms with E-state index in [4.69, 9.17) is 0 Å². The topological polar surface area (TPSA) is 156 Å². The Bertz CT molecular complexity index is 996. The van der Waals surface area contributed by atoms with Crippen LogP contribution in [0.4, 0.5) is 0 Å². The minimum atomic E-state index is -1.96. The van der Waals surface area contributed by atoms with Crippen molar-refractivity contribution in [3.63, 3.8) is 0 Å². The van der Waals surface area contributed by atoms with Crippen LogP contribution in [0.15, 0.2) is 11.6 Å². The summed E-state index contributed by atoms with van der Waals surface area (Å²) in [5.41, 5.74) is -6.73. The van der Waals surface area contributed by atoms with Crippen LogP contribution in [-0.2, 0) is 9.59 Å². The van der Waals surface area contributed by atoms with Crippen LogP contribution in [0.2, 0.25) is 0 Å². The SMILES string of the molecule is CC(=O)[C@@]1(O)C[C@H]2C(=O)C=C3C(CC[C@]4(C)[C@H](C(C)(O)[C@H](O)CCC(C)(C)O)CC[C@@]34O)[C@@]2(C)C[C@@H]1O. The molecule has 0 saturated heterocycles. The molecule has 210 valence electrons. The van der Waals surface area contributed by atoms with Crippen LogP contribution >= 0.6 is 0 Å². The average molecular weight is 523 g/mol. The molecule has 0 radical (unpaired) electrons. The van der Waals surface area contributed by atoms with E-state index in [0.717, 1.165) is 0 Å². The maximum Gasteiger partial charge on any atom is 0.163 e. The number of fused-ring (bicyclic) bond motifs is 5. The Morgan fingerprint density at radius 2 is 1.70 bits per heavy atom. The van der Waals surface area contributed by atoms with Gasteiger partial charge in [0.1, 0.15) is 5.60 Å². The number of allylic oxidation sites excluding steroid dienone is 1. The molecular formula is C29H46O8. The monoisotopic (exact) mass is 522 g/mol. The van der Waals surface area contributed by atoms with Gasteiger partial charge < -0.3 is 30.6 Å². The highest BCUT2D eigenvalue weighted by Crippen LogP contribution is 2.69. The smallest absolute Gasteiger partial charge is 0.163 e. The first-order chi connectivity index (χ1) is 16.7. The lowest BCUT2D eigenvalue weighted by Gasteiger charge is -2.61. The third kappa shape index (κ3) is 4.09. The Balaban J connectivity index is 1.68. The summed E-state index contributed by atoms with van der Waals surface area (Å²) in [5, 5.41) is 66.8. The van der Waals surface area contributed by atoms with E-state index in [1.165, 1.54) is 13.0 Å². The van der Waals surface area contributed by atoms with E-state index in [2.05, 4.69) is 0 Å². The van der Waals surface area contributed by atoms with E-state index in [9.17, 15) is 40.2 Å². The first kappa shape index (κ1) is 28.8. The maximum atomic E-state index is 13.5. The summed E-state index contributed by atoms with van der Waals surface area (Å²) in [4.78, 5) is 25.7. The van der Waals surface area contributed by atoms with Gasteiger partial charge in [-0.05, 0) is 108 Å². The molecule has 37 heavy (non-hydrogen) atoms. The van der Waals surface area contributed by atoms with Gasteiger partial charge >= 0.3 is 0 Å². The molecule has 3 fully saturated rings. The highest BCUT2D eigenvalue weighted by atomic mass is 16.4. The van der Waals surface area contributed by atoms with E-state index in [1.807, 2.05) is 13.8 Å². The second-order valence-electron chi connectivity index (χ2n) is 14.0. The fourth-order valence-corrected chi connectivity index (χ4v) is 8.70. The molecule has 0 bridgehead atoms. The van der Waals surface area contributed by atoms with Gasteiger partial charge in [0.15, 0.2) is 11.6 Å². The van der Waals surface area contributed by atoms with E-state index in [-0.39, 0.29) is 31.0 Å². The molecule has 3 saturated carbocycles. The number of carbonyl (C=O) groups is 2. The quantitative estimate of drug-likeness (QED) is 0.309. The second-order valence-corrected chi connectivity index (χ2v) is 14.0. The molecule has 4 aliphatic carbocycles. The number of aliphatic hydroxyl groups is 6. The van der Waals surface area contributed by atoms with E-state index in [1.54, 1.807) is 20.8 Å². The van der Waals surface area contributed by atoms with Crippen LogP contribution in [0.5, 0.6) is 0 Å². The first-order valence-electron chi connectivity index (χ1n) is 13.8. The summed E-state index contributed by atoms with van der Waals surface area (Å²) in [6.45, 7) is 10.0. The predicted octanol–water partition coefficient (Wildman–Crippen LogP) is 1.81. The molecule has 4 aliphatic rings. The molecule has 0 heterocycles. The third-order valence-corrected chi connectivity index (χ3v) is 11.3. The normalized spacial score (nSPS) is 46.3. The summed E-state index contributed by atoms with van der Waals surface area (Å²) >= 11 is 0. The Morgan fingerprint density at radius 1 is 1.08 bits per heavy atom. The molecule has 2 unspecified atom stereocenters. The summed E-state index contributed by atoms with van der Waals surface area (Å²) in [6.07, 6.45) is 1.53. The fourth-order valence-electron chi connectivity index (χ4n) is 8.70.